The molecular formula is C19H27N3O3. The average Bonchev–Trinajstić information content (AvgIpc) is 3.15. The molecule has 1 saturated heterocycles. The van der Waals surface area contributed by atoms with Gasteiger partial charge in [-0.15, -0.1) is 0 Å². The fraction of sp³-hybridized carbons (Fsp3) is 0.632. The quantitative estimate of drug-likeness (QED) is 0.791. The molecule has 25 heavy (non-hydrogen) atoms. The van der Waals surface area contributed by atoms with Crippen LogP contribution in [0.1, 0.15) is 74.7 Å². The Labute approximate surface area is 148 Å². The minimum atomic E-state index is 0.0436. The van der Waals surface area contributed by atoms with Gasteiger partial charge >= 0.3 is 0 Å². The Balaban J connectivity index is 1.64. The number of carbonyl (C=O) groups excluding carboxylic acids is 1. The first kappa shape index (κ1) is 17.7. The zero-order valence-electron chi connectivity index (χ0n) is 15.2. The summed E-state index contributed by atoms with van der Waals surface area (Å²) in [5.74, 6) is 3.20. The van der Waals surface area contributed by atoms with Gasteiger partial charge in [0.15, 0.2) is 5.82 Å². The van der Waals surface area contributed by atoms with E-state index in [4.69, 9.17) is 8.94 Å². The van der Waals surface area contributed by atoms with Crippen molar-refractivity contribution >= 4 is 5.91 Å². The summed E-state index contributed by atoms with van der Waals surface area (Å²) in [5, 5.41) is 3.95. The third-order valence-corrected chi connectivity index (χ3v) is 4.70. The molecule has 1 unspecified atom stereocenters. The molecule has 6 nitrogen and oxygen atoms in total. The van der Waals surface area contributed by atoms with E-state index in [0.29, 0.717) is 18.7 Å². The number of aromatic nitrogens is 2. The molecule has 0 N–H and O–H groups in total. The van der Waals surface area contributed by atoms with Crippen LogP contribution in [-0.4, -0.2) is 27.5 Å². The Hall–Kier alpha value is -2.11. The van der Waals surface area contributed by atoms with Gasteiger partial charge in [-0.3, -0.25) is 4.79 Å². The van der Waals surface area contributed by atoms with Crippen molar-refractivity contribution in [2.75, 3.05) is 6.54 Å². The van der Waals surface area contributed by atoms with E-state index >= 15 is 0 Å². The molecule has 1 aliphatic rings. The molecule has 3 heterocycles. The summed E-state index contributed by atoms with van der Waals surface area (Å²) in [4.78, 5) is 19.2. The van der Waals surface area contributed by atoms with Gasteiger partial charge in [-0.05, 0) is 38.3 Å². The normalized spacial score (nSPS) is 18.3. The lowest BCUT2D eigenvalue weighted by molar-refractivity contribution is -0.134. The number of rotatable bonds is 6. The zero-order valence-corrected chi connectivity index (χ0v) is 15.2. The fourth-order valence-corrected chi connectivity index (χ4v) is 3.41. The van der Waals surface area contributed by atoms with Crippen LogP contribution < -0.4 is 0 Å². The number of nitrogens with zero attached hydrogens (tertiary/aromatic N) is 3. The average molecular weight is 345 g/mol. The molecule has 1 atom stereocenters. The van der Waals surface area contributed by atoms with Crippen LogP contribution in [0.3, 0.4) is 0 Å². The number of aryl methyl sites for hydroxylation is 3. The molecule has 0 radical (unpaired) electrons. The van der Waals surface area contributed by atoms with E-state index in [9.17, 15) is 4.79 Å². The van der Waals surface area contributed by atoms with Crippen LogP contribution >= 0.6 is 0 Å². The Morgan fingerprint density at radius 3 is 2.92 bits per heavy atom. The van der Waals surface area contributed by atoms with Crippen molar-refractivity contribution in [3.8, 4) is 0 Å². The van der Waals surface area contributed by atoms with E-state index < -0.39 is 0 Å². The minimum Gasteiger partial charge on any atom is -0.464 e. The number of hydrogen-bond donors (Lipinski definition) is 0. The first-order chi connectivity index (χ1) is 12.2. The number of furan rings is 1. The van der Waals surface area contributed by atoms with Gasteiger partial charge in [-0.25, -0.2) is 0 Å². The number of carbonyl (C=O) groups is 1. The van der Waals surface area contributed by atoms with Gasteiger partial charge in [0.1, 0.15) is 11.5 Å². The molecule has 1 amide bonds. The van der Waals surface area contributed by atoms with Gasteiger partial charge in [-0.1, -0.05) is 24.9 Å². The standard InChI is InChI=1S/C19H27N3O3/c1-3-7-17-20-18(25-21-17)11-12-19(23)22-13-6-4-5-8-15(22)16-10-9-14(2)24-16/h9-10,15H,3-8,11-13H2,1-2H3. The molecule has 0 aliphatic carbocycles. The van der Waals surface area contributed by atoms with E-state index in [-0.39, 0.29) is 11.9 Å². The second kappa shape index (κ2) is 8.32. The van der Waals surface area contributed by atoms with Gasteiger partial charge in [0, 0.05) is 25.8 Å². The number of hydrogen-bond acceptors (Lipinski definition) is 5. The van der Waals surface area contributed by atoms with Crippen LogP contribution in [0.2, 0.25) is 0 Å². The van der Waals surface area contributed by atoms with E-state index in [1.165, 1.54) is 0 Å². The van der Waals surface area contributed by atoms with Crippen molar-refractivity contribution in [3.05, 3.63) is 35.4 Å². The maximum atomic E-state index is 12.8. The highest BCUT2D eigenvalue weighted by atomic mass is 16.5. The highest BCUT2D eigenvalue weighted by molar-refractivity contribution is 5.76. The van der Waals surface area contributed by atoms with Crippen LogP contribution in [0.25, 0.3) is 0 Å². The zero-order chi connectivity index (χ0) is 17.6. The second-order valence-electron chi connectivity index (χ2n) is 6.76. The molecule has 1 fully saturated rings. The molecule has 3 rings (SSSR count). The monoisotopic (exact) mass is 345 g/mol. The third-order valence-electron chi connectivity index (χ3n) is 4.70. The van der Waals surface area contributed by atoms with Crippen molar-refractivity contribution in [3.63, 3.8) is 0 Å². The van der Waals surface area contributed by atoms with Crippen molar-refractivity contribution < 1.29 is 13.7 Å². The Bertz CT molecular complexity index is 692. The lowest BCUT2D eigenvalue weighted by Gasteiger charge is -2.28. The summed E-state index contributed by atoms with van der Waals surface area (Å²) in [7, 11) is 0. The molecule has 6 heteroatoms. The predicted octanol–water partition coefficient (Wildman–Crippen LogP) is 4.00. The van der Waals surface area contributed by atoms with E-state index in [1.54, 1.807) is 0 Å². The molecule has 1 aliphatic heterocycles. The maximum Gasteiger partial charge on any atom is 0.227 e. The molecule has 136 valence electrons. The maximum absolute atomic E-state index is 12.8. The van der Waals surface area contributed by atoms with Gasteiger partial charge in [0.25, 0.3) is 0 Å². The van der Waals surface area contributed by atoms with Gasteiger partial charge in [0.05, 0.1) is 6.04 Å². The fourth-order valence-electron chi connectivity index (χ4n) is 3.41. The summed E-state index contributed by atoms with van der Waals surface area (Å²) in [6, 6.07) is 4.01. The topological polar surface area (TPSA) is 72.4 Å². The smallest absolute Gasteiger partial charge is 0.227 e. The summed E-state index contributed by atoms with van der Waals surface area (Å²) in [5.41, 5.74) is 0. The highest BCUT2D eigenvalue weighted by Crippen LogP contribution is 2.31. The van der Waals surface area contributed by atoms with Crippen molar-refractivity contribution in [2.45, 2.75) is 71.3 Å². The molecule has 0 aromatic carbocycles. The molecule has 0 bridgehead atoms. The first-order valence-electron chi connectivity index (χ1n) is 9.34. The molecule has 2 aromatic heterocycles. The lowest BCUT2D eigenvalue weighted by atomic mass is 10.1. The van der Waals surface area contributed by atoms with E-state index in [0.717, 1.165) is 62.4 Å². The summed E-state index contributed by atoms with van der Waals surface area (Å²) < 4.78 is 11.1. The summed E-state index contributed by atoms with van der Waals surface area (Å²) in [6.07, 6.45) is 6.96. The molecule has 2 aromatic rings. The summed E-state index contributed by atoms with van der Waals surface area (Å²) in [6.45, 7) is 4.80. The molecule has 0 saturated carbocycles. The van der Waals surface area contributed by atoms with Crippen molar-refractivity contribution in [1.82, 2.24) is 15.0 Å². The van der Waals surface area contributed by atoms with Crippen LogP contribution in [0, 0.1) is 6.92 Å². The molecular weight excluding hydrogens is 318 g/mol. The van der Waals surface area contributed by atoms with Crippen molar-refractivity contribution in [2.24, 2.45) is 0 Å². The molecule has 0 spiro atoms. The third kappa shape index (κ3) is 4.50. The van der Waals surface area contributed by atoms with Crippen LogP contribution in [0.4, 0.5) is 0 Å². The highest BCUT2D eigenvalue weighted by Gasteiger charge is 2.28. The Morgan fingerprint density at radius 1 is 1.28 bits per heavy atom. The van der Waals surface area contributed by atoms with Gasteiger partial charge in [-0.2, -0.15) is 4.98 Å². The van der Waals surface area contributed by atoms with Crippen LogP contribution in [0.5, 0.6) is 0 Å². The summed E-state index contributed by atoms with van der Waals surface area (Å²) >= 11 is 0. The largest absolute Gasteiger partial charge is 0.464 e. The second-order valence-corrected chi connectivity index (χ2v) is 6.76. The predicted molar refractivity (Wildman–Crippen MR) is 93.0 cm³/mol. The first-order valence-corrected chi connectivity index (χ1v) is 9.34. The minimum absolute atomic E-state index is 0.0436. The van der Waals surface area contributed by atoms with Gasteiger partial charge < -0.3 is 13.8 Å². The van der Waals surface area contributed by atoms with Gasteiger partial charge in [0.2, 0.25) is 11.8 Å². The SMILES string of the molecule is CCCc1noc(CCC(=O)N2CCCCCC2c2ccc(C)o2)n1. The number of likely N-dealkylation sites (tertiary alicyclic amines) is 1. The Morgan fingerprint density at radius 2 is 2.16 bits per heavy atom. The number of amides is 1. The lowest BCUT2D eigenvalue weighted by Crippen LogP contribution is -2.34. The van der Waals surface area contributed by atoms with Crippen LogP contribution in [0.15, 0.2) is 21.1 Å². The Kier molecular flexibility index (Phi) is 5.89. The van der Waals surface area contributed by atoms with Crippen molar-refractivity contribution in [1.29, 1.82) is 0 Å². The van der Waals surface area contributed by atoms with E-state index in [1.807, 2.05) is 24.0 Å². The van der Waals surface area contributed by atoms with E-state index in [2.05, 4.69) is 17.1 Å². The van der Waals surface area contributed by atoms with Crippen LogP contribution in [-0.2, 0) is 17.6 Å².